The molecule has 5 aliphatic heterocycles. The molecule has 3 fully saturated rings. The maximum absolute atomic E-state index is 14.4. The van der Waals surface area contributed by atoms with Crippen molar-refractivity contribution in [2.75, 3.05) is 21.3 Å². The molecule has 0 aromatic heterocycles. The van der Waals surface area contributed by atoms with Crippen LogP contribution in [0.3, 0.4) is 0 Å². The Bertz CT molecular complexity index is 1590. The van der Waals surface area contributed by atoms with Crippen LogP contribution in [0.25, 0.3) is 0 Å². The highest BCUT2D eigenvalue weighted by molar-refractivity contribution is 8.04. The van der Waals surface area contributed by atoms with Gasteiger partial charge in [-0.2, -0.15) is 0 Å². The fourth-order valence-corrected chi connectivity index (χ4v) is 8.11. The lowest BCUT2D eigenvalue weighted by atomic mass is 9.95. The SMILES string of the molecule is COc1ccc2cc1Oc1cc(ccc1OC)C(O)C13SC4(C(=O)N1C)C(O)C1=COC=CC(OC2=O)C1N4C3=O. The molecule has 2 amide bonds. The molecule has 0 radical (unpaired) electrons. The van der Waals surface area contributed by atoms with Crippen LogP contribution in [-0.4, -0.2) is 87.1 Å². The minimum atomic E-state index is -1.84. The third kappa shape index (κ3) is 3.10. The number of piperazine rings is 1. The van der Waals surface area contributed by atoms with E-state index in [0.29, 0.717) is 11.5 Å². The molecule has 0 saturated carbocycles. The maximum atomic E-state index is 14.4. The van der Waals surface area contributed by atoms with Gasteiger partial charge < -0.3 is 43.7 Å². The number of likely N-dealkylation sites (N-methyl/N-ethyl adjacent to an activating group) is 1. The Morgan fingerprint density at radius 2 is 1.63 bits per heavy atom. The predicted octanol–water partition coefficient (Wildman–Crippen LogP) is 1.68. The largest absolute Gasteiger partial charge is 0.493 e. The quantitative estimate of drug-likeness (QED) is 0.501. The van der Waals surface area contributed by atoms with E-state index in [9.17, 15) is 24.6 Å². The van der Waals surface area contributed by atoms with Crippen molar-refractivity contribution in [3.05, 3.63) is 71.7 Å². The number of ether oxygens (including phenoxy) is 5. The Balaban J connectivity index is 1.48. The molecule has 5 aliphatic rings. The molecule has 7 rings (SSSR count). The standard InChI is InChI=1S/C28H24N2O10S/c1-29-25(34)28-23(32)15-12-38-9-8-18-21(15)30(28)26(35)27(29,41-28)22(31)13-4-6-16(36-2)19(10-13)39-20-11-14(24(33)40-18)5-7-17(20)37-3/h4-12,18,21-23,31-32H,1-3H3. The summed E-state index contributed by atoms with van der Waals surface area (Å²) in [7, 11) is 4.30. The Labute approximate surface area is 237 Å². The average Bonchev–Trinajstić information content (AvgIpc) is 3.40. The second-order valence-electron chi connectivity index (χ2n) is 10.1. The van der Waals surface area contributed by atoms with Crippen LogP contribution in [0.5, 0.6) is 23.0 Å². The first-order valence-electron chi connectivity index (χ1n) is 12.6. The van der Waals surface area contributed by atoms with E-state index in [1.165, 1.54) is 67.9 Å². The van der Waals surface area contributed by atoms with E-state index in [0.717, 1.165) is 11.8 Å². The molecule has 6 atom stereocenters. The summed E-state index contributed by atoms with van der Waals surface area (Å²) >= 11 is 0.858. The van der Waals surface area contributed by atoms with Crippen molar-refractivity contribution in [2.24, 2.45) is 0 Å². The topological polar surface area (TPSA) is 144 Å². The molecule has 2 aromatic carbocycles. The Morgan fingerprint density at radius 1 is 0.927 bits per heavy atom. The van der Waals surface area contributed by atoms with Crippen molar-refractivity contribution < 1.29 is 48.3 Å². The molecule has 2 aromatic rings. The van der Waals surface area contributed by atoms with Crippen molar-refractivity contribution in [1.29, 1.82) is 0 Å². The van der Waals surface area contributed by atoms with E-state index in [1.54, 1.807) is 18.2 Å². The van der Waals surface area contributed by atoms with Crippen LogP contribution < -0.4 is 14.2 Å². The van der Waals surface area contributed by atoms with Gasteiger partial charge in [0.2, 0.25) is 9.74 Å². The molecule has 5 heterocycles. The van der Waals surface area contributed by atoms with Crippen molar-refractivity contribution >= 4 is 29.5 Å². The summed E-state index contributed by atoms with van der Waals surface area (Å²) < 4.78 is 28.3. The highest BCUT2D eigenvalue weighted by Gasteiger charge is 2.83. The van der Waals surface area contributed by atoms with Crippen LogP contribution in [0.4, 0.5) is 0 Å². The summed E-state index contributed by atoms with van der Waals surface area (Å²) in [5, 5.41) is 23.5. The van der Waals surface area contributed by atoms with Crippen LogP contribution in [0, 0.1) is 0 Å². The number of esters is 1. The fraction of sp³-hybridized carbons (Fsp3) is 0.321. The van der Waals surface area contributed by atoms with Gasteiger partial charge in [0.15, 0.2) is 23.0 Å². The van der Waals surface area contributed by atoms with E-state index < -0.39 is 51.9 Å². The number of carbonyl (C=O) groups is 3. The summed E-state index contributed by atoms with van der Waals surface area (Å²) in [6.07, 6.45) is -0.226. The van der Waals surface area contributed by atoms with Crippen molar-refractivity contribution in [1.82, 2.24) is 9.80 Å². The summed E-state index contributed by atoms with van der Waals surface area (Å²) in [6, 6.07) is 8.02. The molecular weight excluding hydrogens is 556 g/mol. The van der Waals surface area contributed by atoms with E-state index in [-0.39, 0.29) is 28.2 Å². The first kappa shape index (κ1) is 25.7. The summed E-state index contributed by atoms with van der Waals surface area (Å²) in [6.45, 7) is 0. The summed E-state index contributed by atoms with van der Waals surface area (Å²) in [4.78, 5) is 40.5. The van der Waals surface area contributed by atoms with E-state index in [2.05, 4.69) is 0 Å². The van der Waals surface area contributed by atoms with Gasteiger partial charge in [0.25, 0.3) is 11.8 Å². The average molecular weight is 581 g/mol. The number of nitrogens with zero attached hydrogens (tertiary/aromatic N) is 2. The number of aliphatic hydroxyl groups is 2. The van der Waals surface area contributed by atoms with Gasteiger partial charge in [0.05, 0.1) is 32.3 Å². The molecule has 2 spiro atoms. The number of fused-ring (bicyclic) bond motifs is 4. The van der Waals surface area contributed by atoms with Crippen molar-refractivity contribution in [3.63, 3.8) is 0 Å². The number of hydrogen-bond donors (Lipinski definition) is 2. The van der Waals surface area contributed by atoms with E-state index in [4.69, 9.17) is 23.7 Å². The molecule has 2 N–H and O–H groups in total. The fourth-order valence-electron chi connectivity index (χ4n) is 6.22. The number of thioether (sulfide) groups is 1. The molecular formula is C28H24N2O10S. The van der Waals surface area contributed by atoms with Crippen LogP contribution in [0.2, 0.25) is 0 Å². The minimum Gasteiger partial charge on any atom is -0.493 e. The first-order valence-corrected chi connectivity index (χ1v) is 13.5. The van der Waals surface area contributed by atoms with Gasteiger partial charge in [-0.05, 0) is 42.0 Å². The Hall–Kier alpha value is -4.20. The number of methoxy groups -OCH3 is 2. The number of rotatable bonds is 2. The number of benzene rings is 2. The third-order valence-electron chi connectivity index (χ3n) is 8.21. The molecule has 12 nitrogen and oxygen atoms in total. The molecule has 41 heavy (non-hydrogen) atoms. The van der Waals surface area contributed by atoms with Gasteiger partial charge in [-0.1, -0.05) is 17.8 Å². The predicted molar refractivity (Wildman–Crippen MR) is 141 cm³/mol. The van der Waals surface area contributed by atoms with Crippen molar-refractivity contribution in [2.45, 2.75) is 34.1 Å². The van der Waals surface area contributed by atoms with Gasteiger partial charge in [-0.25, -0.2) is 4.79 Å². The highest BCUT2D eigenvalue weighted by Crippen LogP contribution is 2.67. The molecule has 7 bridgehead atoms. The zero-order valence-corrected chi connectivity index (χ0v) is 22.8. The molecule has 212 valence electrons. The van der Waals surface area contributed by atoms with Crippen LogP contribution >= 0.6 is 11.8 Å². The van der Waals surface area contributed by atoms with Gasteiger partial charge in [-0.15, -0.1) is 0 Å². The number of carbonyl (C=O) groups excluding carboxylic acids is 3. The lowest BCUT2D eigenvalue weighted by Gasteiger charge is -2.42. The number of aliphatic hydroxyl groups excluding tert-OH is 2. The highest BCUT2D eigenvalue weighted by atomic mass is 32.2. The van der Waals surface area contributed by atoms with E-state index in [1.807, 2.05) is 0 Å². The number of amides is 2. The smallest absolute Gasteiger partial charge is 0.338 e. The zero-order chi connectivity index (χ0) is 28.8. The van der Waals surface area contributed by atoms with Crippen LogP contribution in [0.1, 0.15) is 22.0 Å². The molecule has 0 aliphatic carbocycles. The number of hydrogen-bond acceptors (Lipinski definition) is 11. The maximum Gasteiger partial charge on any atom is 0.338 e. The molecule has 13 heteroatoms. The monoisotopic (exact) mass is 580 g/mol. The van der Waals surface area contributed by atoms with Crippen LogP contribution in [0.15, 0.2) is 60.6 Å². The van der Waals surface area contributed by atoms with Gasteiger partial charge in [0, 0.05) is 12.6 Å². The van der Waals surface area contributed by atoms with Gasteiger partial charge >= 0.3 is 5.97 Å². The summed E-state index contributed by atoms with van der Waals surface area (Å²) in [5.74, 6) is -1.03. The van der Waals surface area contributed by atoms with E-state index >= 15 is 0 Å². The first-order chi connectivity index (χ1) is 19.7. The zero-order valence-electron chi connectivity index (χ0n) is 22.0. The van der Waals surface area contributed by atoms with Crippen LogP contribution in [-0.2, 0) is 19.1 Å². The summed E-state index contributed by atoms with van der Waals surface area (Å²) in [5.41, 5.74) is 0.553. The molecule has 3 saturated heterocycles. The normalized spacial score (nSPS) is 32.8. The minimum absolute atomic E-state index is 0.110. The van der Waals surface area contributed by atoms with Crippen molar-refractivity contribution in [3.8, 4) is 23.0 Å². The second kappa shape index (κ2) is 8.65. The Kier molecular flexibility index (Phi) is 5.43. The lowest BCUT2D eigenvalue weighted by Crippen LogP contribution is -2.67. The Morgan fingerprint density at radius 3 is 2.37 bits per heavy atom. The van der Waals surface area contributed by atoms with Gasteiger partial charge in [-0.3, -0.25) is 9.59 Å². The third-order valence-corrected chi connectivity index (χ3v) is 10.1. The second-order valence-corrected chi connectivity index (χ2v) is 11.6. The van der Waals surface area contributed by atoms with Gasteiger partial charge in [0.1, 0.15) is 24.4 Å². The lowest BCUT2D eigenvalue weighted by molar-refractivity contribution is -0.168. The molecule has 6 unspecified atom stereocenters.